The number of hydrogen-bond acceptors (Lipinski definition) is 5. The van der Waals surface area contributed by atoms with Gasteiger partial charge in [0.2, 0.25) is 0 Å². The minimum absolute atomic E-state index is 0.208. The van der Waals surface area contributed by atoms with Crippen molar-refractivity contribution < 1.29 is 17.9 Å². The summed E-state index contributed by atoms with van der Waals surface area (Å²) in [6.07, 6.45) is 13.5. The molecule has 3 atom stereocenters. The Kier molecular flexibility index (Phi) is 6.32. The van der Waals surface area contributed by atoms with E-state index in [1.807, 2.05) is 12.1 Å². The van der Waals surface area contributed by atoms with E-state index in [2.05, 4.69) is 56.8 Å². The van der Waals surface area contributed by atoms with Gasteiger partial charge < -0.3 is 9.64 Å². The molecule has 0 radical (unpaired) electrons. The van der Waals surface area contributed by atoms with Crippen molar-refractivity contribution >= 4 is 27.9 Å². The minimum atomic E-state index is -3.95. The van der Waals surface area contributed by atoms with Gasteiger partial charge in [-0.25, -0.2) is 4.72 Å². The molecule has 4 aliphatic rings. The number of carbonyl (C=O) groups excluding carboxylic acids is 1. The number of hydrogen-bond donors (Lipinski definition) is 2. The summed E-state index contributed by atoms with van der Waals surface area (Å²) >= 11 is 0. The van der Waals surface area contributed by atoms with Gasteiger partial charge in [-0.3, -0.25) is 4.79 Å². The van der Waals surface area contributed by atoms with E-state index >= 15 is 0 Å². The summed E-state index contributed by atoms with van der Waals surface area (Å²) < 4.78 is 36.0. The molecule has 1 saturated carbocycles. The molecule has 7 nitrogen and oxygen atoms in total. The van der Waals surface area contributed by atoms with E-state index in [9.17, 15) is 13.2 Å². The summed E-state index contributed by atoms with van der Waals surface area (Å²) in [7, 11) is -3.95. The SMILES string of the molecule is O=C1NS(=O)(=O)NCCC=CCC2CCC2CN2CC3(CC=Cc4ccccc43)COc3ccc1cc32. The van der Waals surface area contributed by atoms with Crippen LogP contribution in [0.15, 0.2) is 60.7 Å². The zero-order valence-electron chi connectivity index (χ0n) is 20.9. The number of amides is 1. The molecule has 0 saturated heterocycles. The van der Waals surface area contributed by atoms with Gasteiger partial charge >= 0.3 is 10.2 Å². The van der Waals surface area contributed by atoms with Crippen LogP contribution < -0.4 is 19.1 Å². The summed E-state index contributed by atoms with van der Waals surface area (Å²) in [5.41, 5.74) is 3.47. The predicted octanol–water partition coefficient (Wildman–Crippen LogP) is 4.18. The van der Waals surface area contributed by atoms with Crippen LogP contribution in [0.1, 0.15) is 53.6 Å². The van der Waals surface area contributed by atoms with E-state index in [-0.39, 0.29) is 12.0 Å². The molecule has 2 N–H and O–H groups in total. The van der Waals surface area contributed by atoms with Crippen molar-refractivity contribution in [2.75, 3.05) is 31.1 Å². The lowest BCUT2D eigenvalue weighted by Gasteiger charge is -2.43. The number of carbonyl (C=O) groups is 1. The van der Waals surface area contributed by atoms with Crippen molar-refractivity contribution in [1.82, 2.24) is 9.44 Å². The van der Waals surface area contributed by atoms with Gasteiger partial charge in [-0.2, -0.15) is 13.1 Å². The van der Waals surface area contributed by atoms with Crippen LogP contribution in [0.5, 0.6) is 5.75 Å². The second-order valence-electron chi connectivity index (χ2n) is 10.7. The molecule has 6 rings (SSSR count). The van der Waals surface area contributed by atoms with Gasteiger partial charge in [0.05, 0.1) is 17.7 Å². The molecule has 3 unspecified atom stereocenters. The van der Waals surface area contributed by atoms with Crippen molar-refractivity contribution in [3.63, 3.8) is 0 Å². The Hall–Kier alpha value is -3.10. The Bertz CT molecular complexity index is 1370. The van der Waals surface area contributed by atoms with E-state index in [1.165, 1.54) is 24.0 Å². The van der Waals surface area contributed by atoms with Gasteiger partial charge in [-0.15, -0.1) is 0 Å². The van der Waals surface area contributed by atoms with Crippen LogP contribution in [-0.4, -0.2) is 40.6 Å². The first-order valence-electron chi connectivity index (χ1n) is 13.2. The molecule has 2 aromatic rings. The van der Waals surface area contributed by atoms with Crippen molar-refractivity contribution in [1.29, 1.82) is 0 Å². The molecule has 194 valence electrons. The molecule has 1 amide bonds. The Morgan fingerprint density at radius 1 is 1.03 bits per heavy atom. The first kappa shape index (κ1) is 24.2. The fourth-order valence-electron chi connectivity index (χ4n) is 6.19. The molecule has 2 aromatic carbocycles. The molecule has 37 heavy (non-hydrogen) atoms. The Balaban J connectivity index is 1.40. The zero-order valence-corrected chi connectivity index (χ0v) is 21.7. The lowest BCUT2D eigenvalue weighted by Crippen LogP contribution is -2.47. The first-order valence-corrected chi connectivity index (χ1v) is 14.7. The van der Waals surface area contributed by atoms with Crippen LogP contribution in [0.4, 0.5) is 5.69 Å². The van der Waals surface area contributed by atoms with Gasteiger partial charge in [0, 0.05) is 25.2 Å². The third-order valence-electron chi connectivity index (χ3n) is 8.36. The summed E-state index contributed by atoms with van der Waals surface area (Å²) in [5.74, 6) is 1.25. The van der Waals surface area contributed by atoms with Crippen molar-refractivity contribution in [2.24, 2.45) is 11.8 Å². The summed E-state index contributed by atoms with van der Waals surface area (Å²) in [6, 6.07) is 13.8. The number of ether oxygens (including phenoxy) is 1. The number of nitrogens with one attached hydrogen (secondary N) is 2. The molecule has 8 heteroatoms. The highest BCUT2D eigenvalue weighted by molar-refractivity contribution is 7.88. The van der Waals surface area contributed by atoms with Gasteiger partial charge in [-0.05, 0) is 73.3 Å². The molecule has 2 bridgehead atoms. The average molecular weight is 520 g/mol. The smallest absolute Gasteiger partial charge is 0.301 e. The molecular weight excluding hydrogens is 486 g/mol. The zero-order chi connectivity index (χ0) is 25.5. The third kappa shape index (κ3) is 4.80. The molecule has 2 aliphatic carbocycles. The highest BCUT2D eigenvalue weighted by atomic mass is 32.2. The number of anilines is 1. The van der Waals surface area contributed by atoms with Crippen LogP contribution in [0, 0.1) is 11.8 Å². The Labute approximate surface area is 218 Å². The van der Waals surface area contributed by atoms with Gasteiger partial charge in [0.15, 0.2) is 0 Å². The normalized spacial score (nSPS) is 28.8. The van der Waals surface area contributed by atoms with E-state index < -0.39 is 16.1 Å². The molecule has 1 spiro atoms. The van der Waals surface area contributed by atoms with Crippen molar-refractivity contribution in [2.45, 2.75) is 37.5 Å². The third-order valence-corrected chi connectivity index (χ3v) is 9.40. The molecule has 2 heterocycles. The second kappa shape index (κ2) is 9.65. The fourth-order valence-corrected chi connectivity index (χ4v) is 7.01. The Morgan fingerprint density at radius 2 is 1.89 bits per heavy atom. The van der Waals surface area contributed by atoms with Crippen LogP contribution >= 0.6 is 0 Å². The highest BCUT2D eigenvalue weighted by Gasteiger charge is 2.42. The lowest BCUT2D eigenvalue weighted by atomic mass is 9.70. The van der Waals surface area contributed by atoms with E-state index in [1.54, 1.807) is 12.1 Å². The summed E-state index contributed by atoms with van der Waals surface area (Å²) in [6.45, 7) is 2.44. The van der Waals surface area contributed by atoms with Gasteiger partial charge in [-0.1, -0.05) is 48.6 Å². The van der Waals surface area contributed by atoms with E-state index in [0.29, 0.717) is 30.4 Å². The maximum atomic E-state index is 13.0. The van der Waals surface area contributed by atoms with Crippen LogP contribution in [-0.2, 0) is 15.6 Å². The quantitative estimate of drug-likeness (QED) is 0.510. The number of nitrogens with zero attached hydrogens (tertiary/aromatic N) is 1. The Morgan fingerprint density at radius 3 is 2.76 bits per heavy atom. The summed E-state index contributed by atoms with van der Waals surface area (Å²) in [5, 5.41) is 0. The number of benzene rings is 2. The molecular formula is C29H33N3O4S. The fraction of sp³-hybridized carbons (Fsp3) is 0.414. The number of fused-ring (bicyclic) bond motifs is 4. The topological polar surface area (TPSA) is 87.7 Å². The van der Waals surface area contributed by atoms with Crippen molar-refractivity contribution in [3.8, 4) is 5.75 Å². The summed E-state index contributed by atoms with van der Waals surface area (Å²) in [4.78, 5) is 15.4. The first-order chi connectivity index (χ1) is 17.9. The molecule has 2 aliphatic heterocycles. The second-order valence-corrected chi connectivity index (χ2v) is 12.2. The monoisotopic (exact) mass is 519 g/mol. The number of rotatable bonds is 0. The minimum Gasteiger partial charge on any atom is -0.490 e. The van der Waals surface area contributed by atoms with E-state index in [0.717, 1.165) is 37.4 Å². The van der Waals surface area contributed by atoms with Crippen molar-refractivity contribution in [3.05, 3.63) is 77.4 Å². The molecule has 0 aromatic heterocycles. The predicted molar refractivity (Wildman–Crippen MR) is 145 cm³/mol. The lowest BCUT2D eigenvalue weighted by molar-refractivity contribution is 0.0981. The van der Waals surface area contributed by atoms with Gasteiger partial charge in [0.25, 0.3) is 5.91 Å². The molecule has 1 fully saturated rings. The van der Waals surface area contributed by atoms with Crippen LogP contribution in [0.25, 0.3) is 6.08 Å². The highest BCUT2D eigenvalue weighted by Crippen LogP contribution is 2.45. The maximum absolute atomic E-state index is 13.0. The standard InChI is InChI=1S/C29H33N3O4S/c33-28-23-13-14-27-26(17-23)32(19-29(20-36-27)15-6-9-22-8-3-4-10-25(22)29)18-24-12-11-21(24)7-2-1-5-16-30-37(34,35)31-28/h1-4,6,8-10,13-14,17,21,24,30H,5,7,11-12,15-16,18-20H2,(H,31,33). The van der Waals surface area contributed by atoms with E-state index in [4.69, 9.17) is 4.74 Å². The number of allylic oxidation sites excluding steroid dienone is 2. The average Bonchev–Trinajstić information content (AvgIpc) is 3.02. The largest absolute Gasteiger partial charge is 0.490 e. The van der Waals surface area contributed by atoms with Crippen LogP contribution in [0.3, 0.4) is 0 Å². The maximum Gasteiger partial charge on any atom is 0.301 e. The van der Waals surface area contributed by atoms with Gasteiger partial charge in [0.1, 0.15) is 5.75 Å². The van der Waals surface area contributed by atoms with Crippen LogP contribution in [0.2, 0.25) is 0 Å².